The highest BCUT2D eigenvalue weighted by Gasteiger charge is 2.16. The molecule has 1 amide bonds. The van der Waals surface area contributed by atoms with Crippen LogP contribution in [0.4, 0.5) is 5.69 Å². The molecule has 0 fully saturated rings. The molecule has 0 bridgehead atoms. The molecule has 0 heterocycles. The van der Waals surface area contributed by atoms with Crippen LogP contribution in [0.5, 0.6) is 11.5 Å². The predicted molar refractivity (Wildman–Crippen MR) is 123 cm³/mol. The number of nitro groups is 1. The summed E-state index contributed by atoms with van der Waals surface area (Å²) in [5, 5.41) is 15.5. The molecule has 0 aliphatic heterocycles. The molecule has 0 radical (unpaired) electrons. The van der Waals surface area contributed by atoms with Gasteiger partial charge < -0.3 is 9.47 Å². The molecular formula is C23H21N3O5S. The first-order valence-corrected chi connectivity index (χ1v) is 10.3. The van der Waals surface area contributed by atoms with Crippen LogP contribution in [0.3, 0.4) is 0 Å². The number of methoxy groups -OCH3 is 2. The third kappa shape index (κ3) is 5.86. The van der Waals surface area contributed by atoms with Crippen LogP contribution in [-0.4, -0.2) is 31.3 Å². The van der Waals surface area contributed by atoms with Crippen LogP contribution in [0.25, 0.3) is 0 Å². The second kappa shape index (κ2) is 10.5. The molecule has 32 heavy (non-hydrogen) atoms. The van der Waals surface area contributed by atoms with Crippen LogP contribution in [0, 0.1) is 17.0 Å². The number of amides is 1. The number of nitro benzene ring substituents is 1. The number of hydrogen-bond acceptors (Lipinski definition) is 7. The van der Waals surface area contributed by atoms with Crippen molar-refractivity contribution >= 4 is 29.6 Å². The van der Waals surface area contributed by atoms with Crippen molar-refractivity contribution in [1.29, 1.82) is 0 Å². The Bertz CT molecular complexity index is 1140. The molecule has 0 aliphatic carbocycles. The molecule has 164 valence electrons. The van der Waals surface area contributed by atoms with E-state index in [0.717, 1.165) is 10.5 Å². The molecule has 8 nitrogen and oxygen atoms in total. The number of carbonyl (C=O) groups excluding carboxylic acids is 1. The Labute approximate surface area is 189 Å². The van der Waals surface area contributed by atoms with Gasteiger partial charge in [-0.25, -0.2) is 5.43 Å². The van der Waals surface area contributed by atoms with Crippen molar-refractivity contribution in [3.63, 3.8) is 0 Å². The van der Waals surface area contributed by atoms with Gasteiger partial charge in [-0.3, -0.25) is 14.9 Å². The number of aryl methyl sites for hydroxylation is 1. The average molecular weight is 452 g/mol. The highest BCUT2D eigenvalue weighted by atomic mass is 32.2. The van der Waals surface area contributed by atoms with Gasteiger partial charge in [-0.2, -0.15) is 5.10 Å². The third-order valence-corrected chi connectivity index (χ3v) is 5.49. The molecule has 3 aromatic rings. The van der Waals surface area contributed by atoms with Crippen LogP contribution >= 0.6 is 11.8 Å². The maximum Gasteiger partial charge on any atom is 0.283 e. The van der Waals surface area contributed by atoms with Crippen molar-refractivity contribution < 1.29 is 19.2 Å². The lowest BCUT2D eigenvalue weighted by Crippen LogP contribution is -2.17. The fraction of sp³-hybridized carbons (Fsp3) is 0.130. The normalized spacial score (nSPS) is 10.7. The molecule has 9 heteroatoms. The minimum atomic E-state index is -0.473. The van der Waals surface area contributed by atoms with Crippen molar-refractivity contribution in [2.45, 2.75) is 16.7 Å². The Morgan fingerprint density at radius 3 is 2.28 bits per heavy atom. The Balaban J connectivity index is 1.74. The Morgan fingerprint density at radius 1 is 1.03 bits per heavy atom. The average Bonchev–Trinajstić information content (AvgIpc) is 2.80. The fourth-order valence-corrected chi connectivity index (χ4v) is 3.65. The topological polar surface area (TPSA) is 103 Å². The van der Waals surface area contributed by atoms with E-state index in [1.54, 1.807) is 30.3 Å². The Morgan fingerprint density at radius 2 is 1.69 bits per heavy atom. The van der Waals surface area contributed by atoms with E-state index in [9.17, 15) is 14.9 Å². The van der Waals surface area contributed by atoms with Crippen molar-refractivity contribution in [2.75, 3.05) is 14.2 Å². The monoisotopic (exact) mass is 451 g/mol. The summed E-state index contributed by atoms with van der Waals surface area (Å²) in [7, 11) is 2.98. The molecule has 0 atom stereocenters. The zero-order valence-corrected chi connectivity index (χ0v) is 18.5. The number of hydrogen-bond donors (Lipinski definition) is 1. The molecule has 0 spiro atoms. The number of nitrogens with zero attached hydrogens (tertiary/aromatic N) is 2. The molecule has 3 aromatic carbocycles. The summed E-state index contributed by atoms with van der Waals surface area (Å²) in [4.78, 5) is 24.9. The largest absolute Gasteiger partial charge is 0.497 e. The van der Waals surface area contributed by atoms with Crippen LogP contribution < -0.4 is 14.9 Å². The highest BCUT2D eigenvalue weighted by Crippen LogP contribution is 2.35. The van der Waals surface area contributed by atoms with Crippen LogP contribution in [0.15, 0.2) is 75.6 Å². The SMILES string of the molecule is COc1cc(OC)cc(C(=O)NN=Cc2ccc(Sc3ccc(C)cc3)c([N+](=O)[O-])c2)c1. The van der Waals surface area contributed by atoms with E-state index in [-0.39, 0.29) is 5.69 Å². The molecule has 0 saturated heterocycles. The van der Waals surface area contributed by atoms with Crippen molar-refractivity contribution in [3.05, 3.63) is 87.5 Å². The second-order valence-corrected chi connectivity index (χ2v) is 7.82. The zero-order valence-electron chi connectivity index (χ0n) is 17.7. The lowest BCUT2D eigenvalue weighted by molar-refractivity contribution is -0.387. The number of benzene rings is 3. The summed E-state index contributed by atoms with van der Waals surface area (Å²) in [5.41, 5.74) is 4.26. The number of hydrazone groups is 1. The van der Waals surface area contributed by atoms with Gasteiger partial charge in [-0.05, 0) is 37.3 Å². The maximum atomic E-state index is 12.4. The molecule has 0 aliphatic rings. The number of carbonyl (C=O) groups is 1. The minimum absolute atomic E-state index is 0.0385. The van der Waals surface area contributed by atoms with Gasteiger partial charge in [0.25, 0.3) is 11.6 Å². The second-order valence-electron chi connectivity index (χ2n) is 6.70. The van der Waals surface area contributed by atoms with Crippen molar-refractivity contribution in [2.24, 2.45) is 5.10 Å². The highest BCUT2D eigenvalue weighted by molar-refractivity contribution is 7.99. The third-order valence-electron chi connectivity index (χ3n) is 4.42. The summed E-state index contributed by atoms with van der Waals surface area (Å²) >= 11 is 1.31. The van der Waals surface area contributed by atoms with Gasteiger partial charge in [-0.15, -0.1) is 0 Å². The fourth-order valence-electron chi connectivity index (χ4n) is 2.75. The summed E-state index contributed by atoms with van der Waals surface area (Å²) in [6.45, 7) is 1.98. The van der Waals surface area contributed by atoms with Crippen LogP contribution in [0.1, 0.15) is 21.5 Å². The predicted octanol–water partition coefficient (Wildman–Crippen LogP) is 4.84. The smallest absolute Gasteiger partial charge is 0.283 e. The van der Waals surface area contributed by atoms with Gasteiger partial charge in [0.2, 0.25) is 0 Å². The lowest BCUT2D eigenvalue weighted by Gasteiger charge is -2.07. The minimum Gasteiger partial charge on any atom is -0.497 e. The quantitative estimate of drug-likeness (QED) is 0.299. The first kappa shape index (κ1) is 22.8. The summed E-state index contributed by atoms with van der Waals surface area (Å²) in [6.07, 6.45) is 1.35. The molecular weight excluding hydrogens is 430 g/mol. The lowest BCUT2D eigenvalue weighted by atomic mass is 10.2. The van der Waals surface area contributed by atoms with Crippen LogP contribution in [-0.2, 0) is 0 Å². The van der Waals surface area contributed by atoms with Gasteiger partial charge in [0.15, 0.2) is 0 Å². The van der Waals surface area contributed by atoms with Gasteiger partial charge in [0.05, 0.1) is 30.3 Å². The first-order valence-electron chi connectivity index (χ1n) is 9.49. The number of rotatable bonds is 8. The van der Waals surface area contributed by atoms with E-state index < -0.39 is 10.8 Å². The summed E-state index contributed by atoms with van der Waals surface area (Å²) < 4.78 is 10.3. The molecule has 0 saturated carbocycles. The molecule has 3 rings (SSSR count). The standard InChI is InChI=1S/C23H21N3O5S/c1-15-4-7-20(8-5-15)32-22-9-6-16(10-21(22)26(28)29)14-24-25-23(27)17-11-18(30-2)13-19(12-17)31-3/h4-14H,1-3H3,(H,25,27). The van der Waals surface area contributed by atoms with E-state index in [2.05, 4.69) is 10.5 Å². The molecule has 0 aromatic heterocycles. The Hall–Kier alpha value is -3.85. The molecule has 1 N–H and O–H groups in total. The van der Waals surface area contributed by atoms with E-state index in [4.69, 9.17) is 9.47 Å². The number of nitrogens with one attached hydrogen (secondary N) is 1. The van der Waals surface area contributed by atoms with Gasteiger partial charge in [0, 0.05) is 28.2 Å². The van der Waals surface area contributed by atoms with Crippen molar-refractivity contribution in [1.82, 2.24) is 5.43 Å². The maximum absolute atomic E-state index is 12.4. The van der Waals surface area contributed by atoms with Gasteiger partial charge in [0.1, 0.15) is 11.5 Å². The Kier molecular flexibility index (Phi) is 7.45. The van der Waals surface area contributed by atoms with E-state index in [1.165, 1.54) is 38.3 Å². The van der Waals surface area contributed by atoms with Gasteiger partial charge in [-0.1, -0.05) is 35.5 Å². The summed E-state index contributed by atoms with van der Waals surface area (Å²) in [5.74, 6) is 0.464. The summed E-state index contributed by atoms with van der Waals surface area (Å²) in [6, 6.07) is 17.3. The van der Waals surface area contributed by atoms with E-state index in [1.807, 2.05) is 31.2 Å². The van der Waals surface area contributed by atoms with Crippen LogP contribution in [0.2, 0.25) is 0 Å². The first-order chi connectivity index (χ1) is 15.4. The zero-order chi connectivity index (χ0) is 23.1. The van der Waals surface area contributed by atoms with E-state index >= 15 is 0 Å². The van der Waals surface area contributed by atoms with Gasteiger partial charge >= 0.3 is 0 Å². The van der Waals surface area contributed by atoms with Crippen molar-refractivity contribution in [3.8, 4) is 11.5 Å². The number of ether oxygens (including phenoxy) is 2. The molecule has 0 unspecified atom stereocenters. The van der Waals surface area contributed by atoms with E-state index in [0.29, 0.717) is 27.5 Å².